The molecule has 1 heterocycles. The molecule has 0 bridgehead atoms. The molecule has 2 aliphatic rings. The second kappa shape index (κ2) is 8.13. The summed E-state index contributed by atoms with van der Waals surface area (Å²) >= 11 is 0. The molecule has 0 unspecified atom stereocenters. The van der Waals surface area contributed by atoms with Crippen LogP contribution in [0.3, 0.4) is 0 Å². The number of ether oxygens (including phenoxy) is 1. The van der Waals surface area contributed by atoms with E-state index in [0.717, 1.165) is 61.9 Å². The van der Waals surface area contributed by atoms with E-state index in [-0.39, 0.29) is 5.91 Å². The smallest absolute Gasteiger partial charge is 0.256 e. The van der Waals surface area contributed by atoms with Gasteiger partial charge < -0.3 is 4.74 Å². The maximum absolute atomic E-state index is 13.2. The van der Waals surface area contributed by atoms with Crippen LogP contribution in [0, 0.1) is 0 Å². The van der Waals surface area contributed by atoms with E-state index in [4.69, 9.17) is 9.73 Å². The zero-order valence-electron chi connectivity index (χ0n) is 15.6. The van der Waals surface area contributed by atoms with Crippen molar-refractivity contribution < 1.29 is 9.53 Å². The molecule has 3 rings (SSSR count). The van der Waals surface area contributed by atoms with Crippen LogP contribution in [0.2, 0.25) is 0 Å². The molecular formula is C21H30N2O2. The monoisotopic (exact) mass is 342 g/mol. The maximum Gasteiger partial charge on any atom is 0.256 e. The third kappa shape index (κ3) is 3.95. The molecule has 1 spiro atoms. The average Bonchev–Trinajstić information content (AvgIpc) is 3.20. The number of carbonyl (C=O) groups is 1. The average molecular weight is 342 g/mol. The quantitative estimate of drug-likeness (QED) is 0.699. The van der Waals surface area contributed by atoms with Gasteiger partial charge in [0.25, 0.3) is 5.91 Å². The van der Waals surface area contributed by atoms with Gasteiger partial charge in [0, 0.05) is 13.0 Å². The van der Waals surface area contributed by atoms with Crippen LogP contribution in [-0.2, 0) is 22.7 Å². The van der Waals surface area contributed by atoms with Crippen molar-refractivity contribution in [3.05, 3.63) is 35.4 Å². The fraction of sp³-hybridized carbons (Fsp3) is 0.619. The Morgan fingerprint density at radius 2 is 1.96 bits per heavy atom. The third-order valence-electron chi connectivity index (χ3n) is 5.29. The molecular weight excluding hydrogens is 312 g/mol. The molecule has 4 nitrogen and oxygen atoms in total. The lowest BCUT2D eigenvalue weighted by molar-refractivity contribution is -0.131. The summed E-state index contributed by atoms with van der Waals surface area (Å²) in [4.78, 5) is 20.1. The highest BCUT2D eigenvalue weighted by atomic mass is 16.5. The fourth-order valence-corrected chi connectivity index (χ4v) is 3.92. The van der Waals surface area contributed by atoms with Crippen molar-refractivity contribution in [2.45, 2.75) is 77.5 Å². The minimum Gasteiger partial charge on any atom is -0.377 e. The van der Waals surface area contributed by atoms with E-state index in [2.05, 4.69) is 31.2 Å². The van der Waals surface area contributed by atoms with E-state index in [1.54, 1.807) is 0 Å². The van der Waals surface area contributed by atoms with Crippen molar-refractivity contribution in [3.8, 4) is 0 Å². The highest BCUT2D eigenvalue weighted by Crippen LogP contribution is 2.40. The van der Waals surface area contributed by atoms with Gasteiger partial charge in [-0.3, -0.25) is 14.7 Å². The van der Waals surface area contributed by atoms with E-state index in [1.807, 2.05) is 11.8 Å². The van der Waals surface area contributed by atoms with Crippen LogP contribution >= 0.6 is 0 Å². The lowest BCUT2D eigenvalue weighted by Gasteiger charge is -2.23. The lowest BCUT2D eigenvalue weighted by Crippen LogP contribution is -2.40. The second-order valence-electron chi connectivity index (χ2n) is 7.22. The van der Waals surface area contributed by atoms with Gasteiger partial charge in [-0.25, -0.2) is 0 Å². The zero-order valence-corrected chi connectivity index (χ0v) is 15.6. The SMILES string of the molecule is CCCCC1=NC2(CCCC2)C(=O)N1Cc1cccc(COCC)c1. The number of amides is 1. The molecule has 25 heavy (non-hydrogen) atoms. The number of unbranched alkanes of at least 4 members (excludes halogenated alkanes) is 1. The molecule has 1 saturated carbocycles. The van der Waals surface area contributed by atoms with Crippen LogP contribution in [-0.4, -0.2) is 28.8 Å². The predicted molar refractivity (Wildman–Crippen MR) is 100 cm³/mol. The van der Waals surface area contributed by atoms with Crippen molar-refractivity contribution in [3.63, 3.8) is 0 Å². The molecule has 0 aromatic heterocycles. The number of rotatable bonds is 8. The zero-order chi connectivity index (χ0) is 17.7. The first-order chi connectivity index (χ1) is 12.2. The third-order valence-corrected chi connectivity index (χ3v) is 5.29. The van der Waals surface area contributed by atoms with Crippen LogP contribution in [0.4, 0.5) is 0 Å². The van der Waals surface area contributed by atoms with Gasteiger partial charge in [-0.1, -0.05) is 50.5 Å². The molecule has 1 aromatic rings. The summed E-state index contributed by atoms with van der Waals surface area (Å²) in [5.74, 6) is 1.23. The van der Waals surface area contributed by atoms with Crippen molar-refractivity contribution in [2.75, 3.05) is 6.61 Å². The molecule has 1 aliphatic heterocycles. The number of aliphatic imine (C=N–C) groups is 1. The largest absolute Gasteiger partial charge is 0.377 e. The van der Waals surface area contributed by atoms with Crippen LogP contribution in [0.5, 0.6) is 0 Å². The standard InChI is InChI=1S/C21H30N2O2/c1-3-5-11-19-22-21(12-6-7-13-21)20(24)23(19)15-17-9-8-10-18(14-17)16-25-4-2/h8-10,14H,3-7,11-13,15-16H2,1-2H3. The Labute approximate surface area is 151 Å². The number of hydrogen-bond acceptors (Lipinski definition) is 3. The van der Waals surface area contributed by atoms with Gasteiger partial charge in [0.15, 0.2) is 0 Å². The molecule has 4 heteroatoms. The molecule has 1 aliphatic carbocycles. The van der Waals surface area contributed by atoms with Gasteiger partial charge in [0.1, 0.15) is 11.4 Å². The molecule has 1 fully saturated rings. The number of carbonyl (C=O) groups excluding carboxylic acids is 1. The molecule has 0 radical (unpaired) electrons. The normalized spacial score (nSPS) is 19.0. The van der Waals surface area contributed by atoms with Crippen molar-refractivity contribution in [1.29, 1.82) is 0 Å². The first-order valence-electron chi connectivity index (χ1n) is 9.75. The topological polar surface area (TPSA) is 41.9 Å². The summed E-state index contributed by atoms with van der Waals surface area (Å²) in [5.41, 5.74) is 1.88. The van der Waals surface area contributed by atoms with Gasteiger partial charge >= 0.3 is 0 Å². The highest BCUT2D eigenvalue weighted by molar-refractivity contribution is 6.08. The van der Waals surface area contributed by atoms with Crippen LogP contribution in [0.25, 0.3) is 0 Å². The minimum absolute atomic E-state index is 0.228. The van der Waals surface area contributed by atoms with Crippen LogP contribution in [0.15, 0.2) is 29.3 Å². The van der Waals surface area contributed by atoms with E-state index in [9.17, 15) is 4.79 Å². The molecule has 1 aromatic carbocycles. The fourth-order valence-electron chi connectivity index (χ4n) is 3.92. The second-order valence-corrected chi connectivity index (χ2v) is 7.22. The molecule has 1 amide bonds. The lowest BCUT2D eigenvalue weighted by atomic mass is 9.98. The van der Waals surface area contributed by atoms with E-state index >= 15 is 0 Å². The minimum atomic E-state index is -0.438. The Kier molecular flexibility index (Phi) is 5.89. The van der Waals surface area contributed by atoms with E-state index < -0.39 is 5.54 Å². The maximum atomic E-state index is 13.2. The summed E-state index contributed by atoms with van der Waals surface area (Å²) in [6.45, 7) is 6.15. The van der Waals surface area contributed by atoms with Gasteiger partial charge in [0.2, 0.25) is 0 Å². The van der Waals surface area contributed by atoms with Crippen molar-refractivity contribution >= 4 is 11.7 Å². The molecule has 0 N–H and O–H groups in total. The van der Waals surface area contributed by atoms with Crippen molar-refractivity contribution in [2.24, 2.45) is 4.99 Å². The van der Waals surface area contributed by atoms with Crippen LogP contribution in [0.1, 0.15) is 69.9 Å². The summed E-state index contributed by atoms with van der Waals surface area (Å²) in [5, 5.41) is 0. The summed E-state index contributed by atoms with van der Waals surface area (Å²) in [6.07, 6.45) is 7.19. The number of nitrogens with zero attached hydrogens (tertiary/aromatic N) is 2. The van der Waals surface area contributed by atoms with E-state index in [0.29, 0.717) is 19.8 Å². The Bertz CT molecular complexity index is 633. The predicted octanol–water partition coefficient (Wildman–Crippen LogP) is 4.47. The Morgan fingerprint density at radius 3 is 2.68 bits per heavy atom. The number of benzene rings is 1. The first-order valence-corrected chi connectivity index (χ1v) is 9.75. The van der Waals surface area contributed by atoms with Gasteiger partial charge in [0.05, 0.1) is 13.2 Å². The van der Waals surface area contributed by atoms with Gasteiger partial charge in [-0.05, 0) is 37.3 Å². The van der Waals surface area contributed by atoms with Crippen LogP contribution < -0.4 is 0 Å². The van der Waals surface area contributed by atoms with E-state index in [1.165, 1.54) is 0 Å². The summed E-state index contributed by atoms with van der Waals surface area (Å²) < 4.78 is 5.51. The number of hydrogen-bond donors (Lipinski definition) is 0. The van der Waals surface area contributed by atoms with Gasteiger partial charge in [-0.15, -0.1) is 0 Å². The van der Waals surface area contributed by atoms with Crippen molar-refractivity contribution in [1.82, 2.24) is 4.90 Å². The molecule has 136 valence electrons. The Morgan fingerprint density at radius 1 is 1.20 bits per heavy atom. The molecule has 0 saturated heterocycles. The highest BCUT2D eigenvalue weighted by Gasteiger charge is 2.49. The Hall–Kier alpha value is -1.68. The Balaban J connectivity index is 1.77. The molecule has 0 atom stereocenters. The first kappa shape index (κ1) is 18.1. The summed E-state index contributed by atoms with van der Waals surface area (Å²) in [6, 6.07) is 8.38. The number of amidine groups is 1. The van der Waals surface area contributed by atoms with Gasteiger partial charge in [-0.2, -0.15) is 0 Å². The summed E-state index contributed by atoms with van der Waals surface area (Å²) in [7, 11) is 0.